The van der Waals surface area contributed by atoms with Gasteiger partial charge in [-0.3, -0.25) is 4.79 Å². The Hall–Kier alpha value is -3.61. The molecule has 3 aromatic rings. The molecule has 154 valence electrons. The fourth-order valence-corrected chi connectivity index (χ4v) is 3.53. The largest absolute Gasteiger partial charge is 0.497 e. The molecule has 0 unspecified atom stereocenters. The number of methoxy groups -OCH3 is 2. The highest BCUT2D eigenvalue weighted by Gasteiger charge is 2.15. The Morgan fingerprint density at radius 2 is 1.80 bits per heavy atom. The Morgan fingerprint density at radius 3 is 2.50 bits per heavy atom. The number of anilines is 2. The van der Waals surface area contributed by atoms with Crippen molar-refractivity contribution in [3.8, 4) is 22.8 Å². The van der Waals surface area contributed by atoms with E-state index in [1.54, 1.807) is 25.3 Å². The summed E-state index contributed by atoms with van der Waals surface area (Å²) in [4.78, 5) is 15.0. The zero-order chi connectivity index (χ0) is 20.9. The monoisotopic (exact) mass is 404 g/mol. The van der Waals surface area contributed by atoms with Crippen molar-refractivity contribution in [1.29, 1.82) is 0 Å². The molecular weight excluding hydrogens is 380 g/mol. The quantitative estimate of drug-likeness (QED) is 0.669. The summed E-state index contributed by atoms with van der Waals surface area (Å²) in [6, 6.07) is 16.6. The predicted molar refractivity (Wildman–Crippen MR) is 116 cm³/mol. The number of hydrogen-bond acceptors (Lipinski definition) is 6. The third kappa shape index (κ3) is 4.20. The van der Waals surface area contributed by atoms with E-state index in [0.717, 1.165) is 30.2 Å². The van der Waals surface area contributed by atoms with E-state index in [4.69, 9.17) is 9.47 Å². The van der Waals surface area contributed by atoms with Crippen LogP contribution in [0.4, 0.5) is 11.5 Å². The summed E-state index contributed by atoms with van der Waals surface area (Å²) in [6.07, 6.45) is 2.40. The van der Waals surface area contributed by atoms with Crippen LogP contribution < -0.4 is 19.7 Å². The van der Waals surface area contributed by atoms with Gasteiger partial charge in [-0.15, -0.1) is 10.2 Å². The topological polar surface area (TPSA) is 76.6 Å². The van der Waals surface area contributed by atoms with Crippen LogP contribution in [0.15, 0.2) is 54.6 Å². The average Bonchev–Trinajstić information content (AvgIpc) is 3.34. The van der Waals surface area contributed by atoms with E-state index in [1.165, 1.54) is 20.0 Å². The smallest absolute Gasteiger partial charge is 0.259 e. The maximum atomic E-state index is 12.8. The molecular formula is C23H24N4O3. The zero-order valence-corrected chi connectivity index (χ0v) is 17.1. The van der Waals surface area contributed by atoms with E-state index in [9.17, 15) is 4.79 Å². The number of carbonyl (C=O) groups is 1. The number of amides is 1. The lowest BCUT2D eigenvalue weighted by Gasteiger charge is -2.15. The first kappa shape index (κ1) is 19.7. The molecule has 0 atom stereocenters. The molecule has 7 heteroatoms. The van der Waals surface area contributed by atoms with Crippen LogP contribution in [0.25, 0.3) is 11.3 Å². The van der Waals surface area contributed by atoms with Crippen molar-refractivity contribution in [1.82, 2.24) is 10.2 Å². The molecule has 1 aliphatic heterocycles. The van der Waals surface area contributed by atoms with E-state index in [1.807, 2.05) is 36.4 Å². The van der Waals surface area contributed by atoms with Crippen molar-refractivity contribution in [2.45, 2.75) is 12.8 Å². The fourth-order valence-electron chi connectivity index (χ4n) is 3.53. The summed E-state index contributed by atoms with van der Waals surface area (Å²) < 4.78 is 10.5. The number of carbonyl (C=O) groups excluding carboxylic acids is 1. The van der Waals surface area contributed by atoms with Gasteiger partial charge in [-0.05, 0) is 49.2 Å². The van der Waals surface area contributed by atoms with Gasteiger partial charge in [0, 0.05) is 30.4 Å². The van der Waals surface area contributed by atoms with Crippen molar-refractivity contribution >= 4 is 17.4 Å². The molecule has 1 N–H and O–H groups in total. The number of ether oxygens (including phenoxy) is 2. The van der Waals surface area contributed by atoms with Gasteiger partial charge in [-0.25, -0.2) is 0 Å². The lowest BCUT2D eigenvalue weighted by Crippen LogP contribution is -2.19. The summed E-state index contributed by atoms with van der Waals surface area (Å²) in [5.74, 6) is 1.72. The maximum absolute atomic E-state index is 12.8. The molecule has 1 aliphatic rings. The van der Waals surface area contributed by atoms with Gasteiger partial charge in [0.05, 0.1) is 25.5 Å². The molecule has 1 saturated heterocycles. The highest BCUT2D eigenvalue weighted by molar-refractivity contribution is 6.06. The summed E-state index contributed by atoms with van der Waals surface area (Å²) in [6.45, 7) is 2.06. The van der Waals surface area contributed by atoms with E-state index in [-0.39, 0.29) is 5.91 Å². The Kier molecular flexibility index (Phi) is 5.79. The van der Waals surface area contributed by atoms with Crippen LogP contribution in [0.2, 0.25) is 0 Å². The van der Waals surface area contributed by atoms with Gasteiger partial charge >= 0.3 is 0 Å². The molecule has 1 amide bonds. The van der Waals surface area contributed by atoms with Crippen LogP contribution in [-0.2, 0) is 0 Å². The van der Waals surface area contributed by atoms with Gasteiger partial charge in [0.15, 0.2) is 5.82 Å². The Labute approximate surface area is 175 Å². The molecule has 0 bridgehead atoms. The number of nitrogens with one attached hydrogen (secondary N) is 1. The van der Waals surface area contributed by atoms with E-state index < -0.39 is 0 Å². The number of nitrogens with zero attached hydrogens (tertiary/aromatic N) is 3. The number of rotatable bonds is 6. The van der Waals surface area contributed by atoms with Crippen LogP contribution in [0.3, 0.4) is 0 Å². The highest BCUT2D eigenvalue weighted by Crippen LogP contribution is 2.27. The minimum atomic E-state index is -0.262. The molecule has 0 aliphatic carbocycles. The first-order valence-corrected chi connectivity index (χ1v) is 9.90. The highest BCUT2D eigenvalue weighted by atomic mass is 16.5. The number of aromatic nitrogens is 2. The molecule has 1 fully saturated rings. The molecule has 0 radical (unpaired) electrons. The SMILES string of the molecule is COc1ccc(C(=O)Nc2cccc(-c3ccc(N4CCCC4)nn3)c2)c(OC)c1. The van der Waals surface area contributed by atoms with Crippen molar-refractivity contribution < 1.29 is 14.3 Å². The molecule has 30 heavy (non-hydrogen) atoms. The summed E-state index contributed by atoms with van der Waals surface area (Å²) >= 11 is 0. The maximum Gasteiger partial charge on any atom is 0.259 e. The molecule has 2 heterocycles. The average molecular weight is 404 g/mol. The number of hydrogen-bond donors (Lipinski definition) is 1. The van der Waals surface area contributed by atoms with Crippen LogP contribution >= 0.6 is 0 Å². The molecule has 1 aromatic heterocycles. The normalized spacial score (nSPS) is 13.2. The zero-order valence-electron chi connectivity index (χ0n) is 17.1. The first-order valence-electron chi connectivity index (χ1n) is 9.90. The molecule has 0 spiro atoms. The van der Waals surface area contributed by atoms with Gasteiger partial charge in [-0.2, -0.15) is 0 Å². The molecule has 0 saturated carbocycles. The van der Waals surface area contributed by atoms with Gasteiger partial charge in [0.25, 0.3) is 5.91 Å². The lowest BCUT2D eigenvalue weighted by atomic mass is 10.1. The second-order valence-corrected chi connectivity index (χ2v) is 7.07. The molecule has 2 aromatic carbocycles. The van der Waals surface area contributed by atoms with Crippen molar-refractivity contribution in [3.63, 3.8) is 0 Å². The fraction of sp³-hybridized carbons (Fsp3) is 0.261. The van der Waals surface area contributed by atoms with Gasteiger partial charge in [0.1, 0.15) is 11.5 Å². The van der Waals surface area contributed by atoms with Crippen molar-refractivity contribution in [3.05, 3.63) is 60.2 Å². The van der Waals surface area contributed by atoms with Crippen molar-refractivity contribution in [2.24, 2.45) is 0 Å². The Morgan fingerprint density at radius 1 is 0.967 bits per heavy atom. The van der Waals surface area contributed by atoms with Crippen molar-refractivity contribution in [2.75, 3.05) is 37.5 Å². The third-order valence-electron chi connectivity index (χ3n) is 5.15. The van der Waals surface area contributed by atoms with Crippen LogP contribution in [-0.4, -0.2) is 43.4 Å². The number of benzene rings is 2. The molecule has 4 rings (SSSR count). The Balaban J connectivity index is 1.51. The second-order valence-electron chi connectivity index (χ2n) is 7.07. The minimum absolute atomic E-state index is 0.262. The minimum Gasteiger partial charge on any atom is -0.497 e. The van der Waals surface area contributed by atoms with Crippen LogP contribution in [0, 0.1) is 0 Å². The van der Waals surface area contributed by atoms with Gasteiger partial charge in [-0.1, -0.05) is 12.1 Å². The van der Waals surface area contributed by atoms with Crippen LogP contribution in [0.5, 0.6) is 11.5 Å². The molecule has 7 nitrogen and oxygen atoms in total. The second kappa shape index (κ2) is 8.82. The summed E-state index contributed by atoms with van der Waals surface area (Å²) in [5, 5.41) is 11.7. The van der Waals surface area contributed by atoms with Crippen LogP contribution in [0.1, 0.15) is 23.2 Å². The third-order valence-corrected chi connectivity index (χ3v) is 5.15. The van der Waals surface area contributed by atoms with Gasteiger partial charge in [0.2, 0.25) is 0 Å². The predicted octanol–water partition coefficient (Wildman–Crippen LogP) is 4.01. The summed E-state index contributed by atoms with van der Waals surface area (Å²) in [7, 11) is 3.09. The Bertz CT molecular complexity index is 1030. The standard InChI is InChI=1S/C23H24N4O3/c1-29-18-8-9-19(21(15-18)30-2)23(28)24-17-7-5-6-16(14-17)20-10-11-22(26-25-20)27-12-3-4-13-27/h5-11,14-15H,3-4,12-13H2,1-2H3,(H,24,28). The van der Waals surface area contributed by atoms with E-state index in [0.29, 0.717) is 22.7 Å². The van der Waals surface area contributed by atoms with E-state index in [2.05, 4.69) is 20.4 Å². The van der Waals surface area contributed by atoms with Gasteiger partial charge < -0.3 is 19.7 Å². The lowest BCUT2D eigenvalue weighted by molar-refractivity contribution is 0.102. The first-order chi connectivity index (χ1) is 14.7. The van der Waals surface area contributed by atoms with E-state index >= 15 is 0 Å². The summed E-state index contributed by atoms with van der Waals surface area (Å²) in [5.41, 5.74) is 2.74.